The van der Waals surface area contributed by atoms with E-state index in [0.717, 1.165) is 49.9 Å². The van der Waals surface area contributed by atoms with Crippen molar-refractivity contribution in [2.45, 2.75) is 13.3 Å². The van der Waals surface area contributed by atoms with Crippen LogP contribution in [0, 0.1) is 5.92 Å². The van der Waals surface area contributed by atoms with Gasteiger partial charge in [-0.2, -0.15) is 0 Å². The van der Waals surface area contributed by atoms with Gasteiger partial charge in [-0.05, 0) is 25.1 Å². The van der Waals surface area contributed by atoms with Crippen molar-refractivity contribution in [3.8, 4) is 0 Å². The number of piperazine rings is 1. The van der Waals surface area contributed by atoms with E-state index in [4.69, 9.17) is 16.7 Å². The molecule has 0 aromatic heterocycles. The Kier molecular flexibility index (Phi) is 8.19. The third kappa shape index (κ3) is 6.59. The first-order chi connectivity index (χ1) is 12.9. The van der Waals surface area contributed by atoms with Gasteiger partial charge in [0.1, 0.15) is 0 Å². The molecule has 1 heterocycles. The van der Waals surface area contributed by atoms with Crippen molar-refractivity contribution in [2.24, 2.45) is 5.92 Å². The highest BCUT2D eigenvalue weighted by molar-refractivity contribution is 6.33. The summed E-state index contributed by atoms with van der Waals surface area (Å²) in [5.41, 5.74) is 1.09. The van der Waals surface area contributed by atoms with Gasteiger partial charge in [-0.1, -0.05) is 30.7 Å². The molecule has 27 heavy (non-hydrogen) atoms. The molecule has 0 spiro atoms. The van der Waals surface area contributed by atoms with Crippen LogP contribution in [0.5, 0.6) is 0 Å². The van der Waals surface area contributed by atoms with Gasteiger partial charge >= 0.3 is 12.0 Å². The lowest BCUT2D eigenvalue weighted by Gasteiger charge is -2.36. The Morgan fingerprint density at radius 2 is 1.93 bits per heavy atom. The van der Waals surface area contributed by atoms with Gasteiger partial charge in [-0.3, -0.25) is 9.69 Å². The minimum Gasteiger partial charge on any atom is -0.481 e. The van der Waals surface area contributed by atoms with E-state index in [1.165, 1.54) is 4.90 Å². The average Bonchev–Trinajstić information content (AvgIpc) is 2.65. The minimum absolute atomic E-state index is 0.200. The molecule has 2 rings (SSSR count). The van der Waals surface area contributed by atoms with E-state index >= 15 is 0 Å². The second-order valence-electron chi connectivity index (χ2n) is 6.99. The Labute approximate surface area is 165 Å². The van der Waals surface area contributed by atoms with Crippen molar-refractivity contribution < 1.29 is 14.7 Å². The predicted molar refractivity (Wildman–Crippen MR) is 108 cm³/mol. The van der Waals surface area contributed by atoms with Crippen molar-refractivity contribution in [1.82, 2.24) is 15.1 Å². The number of hydrogen-bond donors (Lipinski definition) is 2. The number of hydrogen-bond acceptors (Lipinski definition) is 4. The number of rotatable bonds is 8. The maximum absolute atomic E-state index is 12.0. The fourth-order valence-corrected chi connectivity index (χ4v) is 3.38. The topological polar surface area (TPSA) is 76.1 Å². The maximum Gasteiger partial charge on any atom is 0.317 e. The first-order valence-corrected chi connectivity index (χ1v) is 9.70. The SMILES string of the molecule is CC(CN(C)C(=O)NCCCN1CCN(c2ccccc2Cl)CC1)C(=O)O. The number of urea groups is 1. The number of nitrogens with zero attached hydrogens (tertiary/aromatic N) is 3. The van der Waals surface area contributed by atoms with Crippen molar-refractivity contribution in [1.29, 1.82) is 0 Å². The highest BCUT2D eigenvalue weighted by atomic mass is 35.5. The van der Waals surface area contributed by atoms with Crippen LogP contribution in [0.2, 0.25) is 5.02 Å². The highest BCUT2D eigenvalue weighted by Crippen LogP contribution is 2.25. The molecule has 1 aliphatic heterocycles. The predicted octanol–water partition coefficient (Wildman–Crippen LogP) is 2.21. The molecule has 1 aromatic rings. The van der Waals surface area contributed by atoms with E-state index in [9.17, 15) is 9.59 Å². The fourth-order valence-electron chi connectivity index (χ4n) is 3.13. The molecule has 0 saturated carbocycles. The van der Waals surface area contributed by atoms with Gasteiger partial charge in [0.05, 0.1) is 16.6 Å². The Morgan fingerprint density at radius 3 is 2.56 bits per heavy atom. The van der Waals surface area contributed by atoms with E-state index in [2.05, 4.69) is 21.2 Å². The number of nitrogens with one attached hydrogen (secondary N) is 1. The Bertz CT molecular complexity index is 635. The monoisotopic (exact) mass is 396 g/mol. The third-order valence-corrected chi connectivity index (χ3v) is 5.13. The van der Waals surface area contributed by atoms with Crippen LogP contribution >= 0.6 is 11.6 Å². The van der Waals surface area contributed by atoms with Gasteiger partial charge in [0, 0.05) is 46.3 Å². The summed E-state index contributed by atoms with van der Waals surface area (Å²) in [7, 11) is 1.61. The maximum atomic E-state index is 12.0. The zero-order valence-corrected chi connectivity index (χ0v) is 16.8. The fraction of sp³-hybridized carbons (Fsp3) is 0.579. The van der Waals surface area contributed by atoms with Crippen LogP contribution in [-0.2, 0) is 4.79 Å². The van der Waals surface area contributed by atoms with Crippen LogP contribution in [0.15, 0.2) is 24.3 Å². The molecule has 1 unspecified atom stereocenters. The molecule has 7 nitrogen and oxygen atoms in total. The summed E-state index contributed by atoms with van der Waals surface area (Å²) in [4.78, 5) is 28.9. The van der Waals surface area contributed by atoms with E-state index in [1.807, 2.05) is 18.2 Å². The van der Waals surface area contributed by atoms with Crippen LogP contribution in [0.1, 0.15) is 13.3 Å². The quantitative estimate of drug-likeness (QED) is 0.659. The van der Waals surface area contributed by atoms with Crippen LogP contribution in [-0.4, -0.2) is 79.8 Å². The highest BCUT2D eigenvalue weighted by Gasteiger charge is 2.19. The van der Waals surface area contributed by atoms with E-state index < -0.39 is 11.9 Å². The Hall–Kier alpha value is -1.99. The van der Waals surface area contributed by atoms with Crippen LogP contribution in [0.25, 0.3) is 0 Å². The number of anilines is 1. The molecule has 0 aliphatic carbocycles. The number of benzene rings is 1. The standard InChI is InChI=1S/C19H29ClN4O3/c1-15(18(25)26)14-22(2)19(27)21-8-5-9-23-10-12-24(13-11-23)17-7-4-3-6-16(17)20/h3-4,6-7,15H,5,8-14H2,1-2H3,(H,21,27)(H,25,26). The van der Waals surface area contributed by atoms with Crippen LogP contribution in [0.4, 0.5) is 10.5 Å². The summed E-state index contributed by atoms with van der Waals surface area (Å²) >= 11 is 6.27. The minimum atomic E-state index is -0.898. The molecule has 150 valence electrons. The normalized spacial score (nSPS) is 16.0. The summed E-state index contributed by atoms with van der Waals surface area (Å²) in [6.45, 7) is 7.10. The number of para-hydroxylation sites is 1. The van der Waals surface area contributed by atoms with Gasteiger partial charge in [-0.25, -0.2) is 4.79 Å². The number of carbonyl (C=O) groups is 2. The first-order valence-electron chi connectivity index (χ1n) is 9.32. The van der Waals surface area contributed by atoms with Gasteiger partial charge in [0.2, 0.25) is 0 Å². The van der Waals surface area contributed by atoms with E-state index in [1.54, 1.807) is 14.0 Å². The lowest BCUT2D eigenvalue weighted by Crippen LogP contribution is -2.47. The molecule has 1 aliphatic rings. The average molecular weight is 397 g/mol. The van der Waals surface area contributed by atoms with Crippen molar-refractivity contribution in [3.63, 3.8) is 0 Å². The van der Waals surface area contributed by atoms with Crippen LogP contribution < -0.4 is 10.2 Å². The Morgan fingerprint density at radius 1 is 1.26 bits per heavy atom. The summed E-state index contributed by atoms with van der Waals surface area (Å²) in [6.07, 6.45) is 0.861. The number of carboxylic acid groups (broad SMARTS) is 1. The molecule has 2 amide bonds. The van der Waals surface area contributed by atoms with Gasteiger partial charge in [0.25, 0.3) is 0 Å². The van der Waals surface area contributed by atoms with Crippen molar-refractivity contribution in [2.75, 3.05) is 57.8 Å². The molecule has 0 bridgehead atoms. The number of aliphatic carboxylic acids is 1. The number of carboxylic acids is 1. The summed E-state index contributed by atoms with van der Waals surface area (Å²) in [5, 5.41) is 12.5. The second-order valence-corrected chi connectivity index (χ2v) is 7.39. The molecule has 1 aromatic carbocycles. The first kappa shape index (κ1) is 21.3. The zero-order valence-electron chi connectivity index (χ0n) is 16.0. The second kappa shape index (κ2) is 10.4. The molecule has 0 radical (unpaired) electrons. The van der Waals surface area contributed by atoms with Crippen LogP contribution in [0.3, 0.4) is 0 Å². The number of halogens is 1. The molecule has 1 atom stereocenters. The largest absolute Gasteiger partial charge is 0.481 e. The lowest BCUT2D eigenvalue weighted by molar-refractivity contribution is -0.141. The molecular weight excluding hydrogens is 368 g/mol. The lowest BCUT2D eigenvalue weighted by atomic mass is 10.2. The molecule has 8 heteroatoms. The van der Waals surface area contributed by atoms with Crippen molar-refractivity contribution in [3.05, 3.63) is 29.3 Å². The zero-order chi connectivity index (χ0) is 19.8. The summed E-state index contributed by atoms with van der Waals surface area (Å²) in [6, 6.07) is 7.68. The van der Waals surface area contributed by atoms with E-state index in [0.29, 0.717) is 6.54 Å². The summed E-state index contributed by atoms with van der Waals surface area (Å²) < 4.78 is 0. The Balaban J connectivity index is 1.62. The van der Waals surface area contributed by atoms with Crippen molar-refractivity contribution >= 4 is 29.3 Å². The molecule has 1 saturated heterocycles. The molecule has 2 N–H and O–H groups in total. The smallest absolute Gasteiger partial charge is 0.317 e. The number of amides is 2. The van der Waals surface area contributed by atoms with Gasteiger partial charge in [-0.15, -0.1) is 0 Å². The molecular formula is C19H29ClN4O3. The summed E-state index contributed by atoms with van der Waals surface area (Å²) in [5.74, 6) is -1.47. The van der Waals surface area contributed by atoms with Gasteiger partial charge < -0.3 is 20.2 Å². The third-order valence-electron chi connectivity index (χ3n) is 4.81. The molecule has 1 fully saturated rings. The number of carbonyl (C=O) groups excluding carboxylic acids is 1. The van der Waals surface area contributed by atoms with E-state index in [-0.39, 0.29) is 12.6 Å². The van der Waals surface area contributed by atoms with Gasteiger partial charge in [0.15, 0.2) is 0 Å².